The second kappa shape index (κ2) is 5.27. The van der Waals surface area contributed by atoms with Crippen molar-refractivity contribution in [2.45, 2.75) is 24.6 Å². The zero-order valence-electron chi connectivity index (χ0n) is 9.54. The van der Waals surface area contributed by atoms with E-state index in [1.807, 2.05) is 30.3 Å². The number of nitrogens with zero attached hydrogens (tertiary/aromatic N) is 1. The average molecular weight is 249 g/mol. The van der Waals surface area contributed by atoms with E-state index in [1.54, 1.807) is 6.08 Å². The van der Waals surface area contributed by atoms with Gasteiger partial charge < -0.3 is 0 Å². The van der Waals surface area contributed by atoms with Gasteiger partial charge in [0.25, 0.3) is 0 Å². The van der Waals surface area contributed by atoms with Gasteiger partial charge in [-0.15, -0.1) is 6.58 Å². The molecule has 0 N–H and O–H groups in total. The van der Waals surface area contributed by atoms with E-state index < -0.39 is 11.0 Å². The summed E-state index contributed by atoms with van der Waals surface area (Å²) < 4.78 is 13.5. The van der Waals surface area contributed by atoms with Crippen LogP contribution in [0, 0.1) is 0 Å². The van der Waals surface area contributed by atoms with E-state index in [9.17, 15) is 9.00 Å². The van der Waals surface area contributed by atoms with E-state index >= 15 is 0 Å². The summed E-state index contributed by atoms with van der Waals surface area (Å²) in [6, 6.07) is 9.63. The lowest BCUT2D eigenvalue weighted by atomic mass is 10.2. The molecule has 1 aromatic rings. The highest BCUT2D eigenvalue weighted by Crippen LogP contribution is 2.24. The third-order valence-corrected chi connectivity index (χ3v) is 4.48. The van der Waals surface area contributed by atoms with E-state index in [-0.39, 0.29) is 11.2 Å². The quantitative estimate of drug-likeness (QED) is 0.766. The summed E-state index contributed by atoms with van der Waals surface area (Å²) in [6.07, 6.45) is 2.72. The van der Waals surface area contributed by atoms with E-state index in [2.05, 4.69) is 6.58 Å². The maximum Gasteiger partial charge on any atom is 0.235 e. The van der Waals surface area contributed by atoms with Crippen LogP contribution in [-0.2, 0) is 22.3 Å². The van der Waals surface area contributed by atoms with E-state index in [1.165, 1.54) is 4.31 Å². The van der Waals surface area contributed by atoms with Crippen molar-refractivity contribution in [3.63, 3.8) is 0 Å². The molecular formula is C13H15NO2S. The van der Waals surface area contributed by atoms with Gasteiger partial charge in [0, 0.05) is 6.42 Å². The SMILES string of the molecule is C=CC[C@H]1CC(=O)N(Cc2ccccc2)S1=O. The summed E-state index contributed by atoms with van der Waals surface area (Å²) >= 11 is 0. The summed E-state index contributed by atoms with van der Waals surface area (Å²) in [7, 11) is -1.22. The standard InChI is InChI=1S/C13H15NO2S/c1-2-6-12-9-13(15)14(17(12)16)10-11-7-4-3-5-8-11/h2-5,7-8,12H,1,6,9-10H2/t12-,17?/m0/s1. The van der Waals surface area contributed by atoms with Crippen molar-refractivity contribution < 1.29 is 9.00 Å². The number of carbonyl (C=O) groups excluding carboxylic acids is 1. The molecule has 0 bridgehead atoms. The van der Waals surface area contributed by atoms with E-state index in [0.29, 0.717) is 19.4 Å². The van der Waals surface area contributed by atoms with Crippen LogP contribution in [0.2, 0.25) is 0 Å². The van der Waals surface area contributed by atoms with Gasteiger partial charge >= 0.3 is 0 Å². The molecule has 17 heavy (non-hydrogen) atoms. The van der Waals surface area contributed by atoms with Crippen LogP contribution in [0.15, 0.2) is 43.0 Å². The van der Waals surface area contributed by atoms with Crippen molar-refractivity contribution in [3.8, 4) is 0 Å². The predicted octanol–water partition coefficient (Wildman–Crippen LogP) is 2.03. The molecule has 0 aromatic heterocycles. The predicted molar refractivity (Wildman–Crippen MR) is 68.4 cm³/mol. The number of amides is 1. The minimum absolute atomic E-state index is 0.0287. The molecule has 2 rings (SSSR count). The first-order valence-corrected chi connectivity index (χ1v) is 6.75. The maximum absolute atomic E-state index is 12.1. The van der Waals surface area contributed by atoms with Crippen LogP contribution >= 0.6 is 0 Å². The lowest BCUT2D eigenvalue weighted by molar-refractivity contribution is -0.125. The smallest absolute Gasteiger partial charge is 0.235 e. The van der Waals surface area contributed by atoms with Gasteiger partial charge in [0.2, 0.25) is 5.91 Å². The normalized spacial score (nSPS) is 24.0. The molecule has 4 heteroatoms. The Labute approximate surface area is 104 Å². The number of rotatable bonds is 4. The Hall–Kier alpha value is -1.42. The molecule has 1 unspecified atom stereocenters. The van der Waals surface area contributed by atoms with Crippen molar-refractivity contribution in [2.24, 2.45) is 0 Å². The van der Waals surface area contributed by atoms with Crippen LogP contribution in [0.4, 0.5) is 0 Å². The fourth-order valence-corrected chi connectivity index (χ4v) is 3.40. The Balaban J connectivity index is 2.09. The van der Waals surface area contributed by atoms with Gasteiger partial charge in [-0.2, -0.15) is 0 Å². The monoisotopic (exact) mass is 249 g/mol. The van der Waals surface area contributed by atoms with Gasteiger partial charge in [-0.3, -0.25) is 9.10 Å². The molecule has 90 valence electrons. The Morgan fingerprint density at radius 1 is 1.41 bits per heavy atom. The molecular weight excluding hydrogens is 234 g/mol. The minimum atomic E-state index is -1.22. The highest BCUT2D eigenvalue weighted by atomic mass is 32.2. The lowest BCUT2D eigenvalue weighted by Gasteiger charge is -2.15. The lowest BCUT2D eigenvalue weighted by Crippen LogP contribution is -2.26. The Morgan fingerprint density at radius 2 is 2.12 bits per heavy atom. The molecule has 1 aromatic carbocycles. The molecule has 1 aliphatic heterocycles. The van der Waals surface area contributed by atoms with Gasteiger partial charge in [0.15, 0.2) is 0 Å². The Bertz CT molecular complexity index is 444. The second-order valence-corrected chi connectivity index (χ2v) is 5.70. The molecule has 0 spiro atoms. The van der Waals surface area contributed by atoms with E-state index in [4.69, 9.17) is 0 Å². The molecule has 1 heterocycles. The Kier molecular flexibility index (Phi) is 3.74. The van der Waals surface area contributed by atoms with Crippen LogP contribution in [0.3, 0.4) is 0 Å². The van der Waals surface area contributed by atoms with Crippen molar-refractivity contribution in [1.29, 1.82) is 0 Å². The summed E-state index contributed by atoms with van der Waals surface area (Å²) in [5.74, 6) is -0.0287. The van der Waals surface area contributed by atoms with Gasteiger partial charge in [0.1, 0.15) is 11.0 Å². The number of benzene rings is 1. The van der Waals surface area contributed by atoms with Crippen LogP contribution in [-0.4, -0.2) is 19.7 Å². The summed E-state index contributed by atoms with van der Waals surface area (Å²) in [6.45, 7) is 4.06. The molecule has 0 saturated carbocycles. The first-order valence-electron chi connectivity index (χ1n) is 5.58. The number of hydrogen-bond acceptors (Lipinski definition) is 2. The third-order valence-electron chi connectivity index (χ3n) is 2.78. The molecule has 3 nitrogen and oxygen atoms in total. The highest BCUT2D eigenvalue weighted by molar-refractivity contribution is 7.84. The number of hydrogen-bond donors (Lipinski definition) is 0. The topological polar surface area (TPSA) is 37.4 Å². The number of allylic oxidation sites excluding steroid dienone is 1. The minimum Gasteiger partial charge on any atom is -0.274 e. The van der Waals surface area contributed by atoms with Gasteiger partial charge in [-0.25, -0.2) is 4.21 Å². The fourth-order valence-electron chi connectivity index (χ4n) is 1.90. The van der Waals surface area contributed by atoms with Gasteiger partial charge in [0.05, 0.1) is 11.8 Å². The first kappa shape index (κ1) is 12.0. The number of carbonyl (C=O) groups is 1. The van der Waals surface area contributed by atoms with Gasteiger partial charge in [-0.1, -0.05) is 36.4 Å². The first-order chi connectivity index (χ1) is 8.22. The van der Waals surface area contributed by atoms with Crippen molar-refractivity contribution >= 4 is 16.9 Å². The Morgan fingerprint density at radius 3 is 2.76 bits per heavy atom. The molecule has 2 atom stereocenters. The largest absolute Gasteiger partial charge is 0.274 e. The van der Waals surface area contributed by atoms with Crippen LogP contribution in [0.1, 0.15) is 18.4 Å². The highest BCUT2D eigenvalue weighted by Gasteiger charge is 2.36. The molecule has 1 aliphatic rings. The molecule has 1 saturated heterocycles. The zero-order valence-corrected chi connectivity index (χ0v) is 10.4. The molecule has 1 fully saturated rings. The summed E-state index contributed by atoms with van der Waals surface area (Å²) in [5.41, 5.74) is 1.01. The van der Waals surface area contributed by atoms with Gasteiger partial charge in [-0.05, 0) is 12.0 Å². The van der Waals surface area contributed by atoms with Crippen molar-refractivity contribution in [2.75, 3.05) is 0 Å². The molecule has 0 aliphatic carbocycles. The van der Waals surface area contributed by atoms with Crippen LogP contribution in [0.5, 0.6) is 0 Å². The molecule has 0 radical (unpaired) electrons. The summed E-state index contributed by atoms with van der Waals surface area (Å²) in [4.78, 5) is 11.8. The summed E-state index contributed by atoms with van der Waals surface area (Å²) in [5, 5.41) is -0.0938. The van der Waals surface area contributed by atoms with Crippen LogP contribution < -0.4 is 0 Å². The van der Waals surface area contributed by atoms with Crippen molar-refractivity contribution in [1.82, 2.24) is 4.31 Å². The second-order valence-electron chi connectivity index (χ2n) is 4.04. The zero-order chi connectivity index (χ0) is 12.3. The fraction of sp³-hybridized carbons (Fsp3) is 0.308. The van der Waals surface area contributed by atoms with E-state index in [0.717, 1.165) is 5.56 Å². The van der Waals surface area contributed by atoms with Crippen molar-refractivity contribution in [3.05, 3.63) is 48.6 Å². The maximum atomic E-state index is 12.1. The van der Waals surface area contributed by atoms with Crippen LogP contribution in [0.25, 0.3) is 0 Å². The third kappa shape index (κ3) is 2.64. The molecule has 1 amide bonds. The average Bonchev–Trinajstić information content (AvgIpc) is 2.59.